The van der Waals surface area contributed by atoms with Crippen LogP contribution in [0.3, 0.4) is 0 Å². The summed E-state index contributed by atoms with van der Waals surface area (Å²) in [6.07, 6.45) is 2.12. The van der Waals surface area contributed by atoms with Gasteiger partial charge in [-0.25, -0.2) is 9.59 Å². The van der Waals surface area contributed by atoms with Gasteiger partial charge < -0.3 is 19.3 Å². The van der Waals surface area contributed by atoms with Gasteiger partial charge in [-0.15, -0.1) is 0 Å². The van der Waals surface area contributed by atoms with E-state index in [1.165, 1.54) is 0 Å². The van der Waals surface area contributed by atoms with E-state index in [2.05, 4.69) is 6.58 Å². The zero-order chi connectivity index (χ0) is 19.2. The van der Waals surface area contributed by atoms with Crippen LogP contribution in [0, 0.1) is 5.92 Å². The predicted octanol–water partition coefficient (Wildman–Crippen LogP) is 2.22. The first-order valence-corrected chi connectivity index (χ1v) is 8.96. The number of ether oxygens (including phenoxy) is 3. The van der Waals surface area contributed by atoms with E-state index in [-0.39, 0.29) is 17.3 Å². The fraction of sp³-hybridized carbons (Fsp3) is 0.600. The highest BCUT2D eigenvalue weighted by atomic mass is 16.6. The number of carbonyl (C=O) groups excluding carboxylic acids is 2. The maximum atomic E-state index is 12.4. The van der Waals surface area contributed by atoms with E-state index in [1.807, 2.05) is 13.0 Å². The Balaban J connectivity index is 2.01. The summed E-state index contributed by atoms with van der Waals surface area (Å²) in [5.74, 6) is -1.72. The first-order valence-electron chi connectivity index (χ1n) is 8.96. The van der Waals surface area contributed by atoms with Crippen molar-refractivity contribution in [1.29, 1.82) is 0 Å². The van der Waals surface area contributed by atoms with E-state index in [1.54, 1.807) is 26.8 Å². The smallest absolute Gasteiger partial charge is 0.334 e. The number of allylic oxidation sites excluding steroid dienone is 2. The van der Waals surface area contributed by atoms with Gasteiger partial charge in [0.2, 0.25) is 0 Å². The molecule has 26 heavy (non-hydrogen) atoms. The molecule has 0 aromatic rings. The molecular weight excluding hydrogens is 336 g/mol. The van der Waals surface area contributed by atoms with Gasteiger partial charge in [-0.1, -0.05) is 18.7 Å². The van der Waals surface area contributed by atoms with E-state index in [0.717, 1.165) is 12.8 Å². The van der Waals surface area contributed by atoms with Crippen LogP contribution in [0.25, 0.3) is 0 Å². The molecule has 0 saturated carbocycles. The van der Waals surface area contributed by atoms with Crippen molar-refractivity contribution >= 4 is 11.9 Å². The van der Waals surface area contributed by atoms with Gasteiger partial charge in [0, 0.05) is 11.1 Å². The van der Waals surface area contributed by atoms with Crippen molar-refractivity contribution in [2.24, 2.45) is 5.92 Å². The van der Waals surface area contributed by atoms with Crippen molar-refractivity contribution in [3.05, 3.63) is 35.5 Å². The molecule has 0 spiro atoms. The number of carbonyl (C=O) groups is 2. The Morgan fingerprint density at radius 2 is 2.19 bits per heavy atom. The number of epoxide rings is 1. The highest BCUT2D eigenvalue weighted by molar-refractivity contribution is 5.92. The lowest BCUT2D eigenvalue weighted by molar-refractivity contribution is -0.154. The van der Waals surface area contributed by atoms with Crippen LogP contribution in [0.4, 0.5) is 0 Å². The summed E-state index contributed by atoms with van der Waals surface area (Å²) >= 11 is 0. The molecule has 0 bridgehead atoms. The Morgan fingerprint density at radius 1 is 1.50 bits per heavy atom. The molecule has 6 atom stereocenters. The van der Waals surface area contributed by atoms with E-state index in [9.17, 15) is 14.7 Å². The van der Waals surface area contributed by atoms with Gasteiger partial charge in [-0.05, 0) is 46.1 Å². The Hall–Kier alpha value is -1.92. The molecule has 2 fully saturated rings. The summed E-state index contributed by atoms with van der Waals surface area (Å²) in [6.45, 7) is 11.0. The predicted molar refractivity (Wildman–Crippen MR) is 94.1 cm³/mol. The van der Waals surface area contributed by atoms with E-state index < -0.39 is 36.2 Å². The molecule has 0 aromatic carbocycles. The number of esters is 2. The fourth-order valence-electron chi connectivity index (χ4n) is 3.75. The minimum Gasteiger partial charge on any atom is -0.455 e. The van der Waals surface area contributed by atoms with Crippen LogP contribution in [-0.4, -0.2) is 47.1 Å². The van der Waals surface area contributed by atoms with E-state index in [0.29, 0.717) is 11.1 Å². The minimum atomic E-state index is -1.05. The molecule has 6 heteroatoms. The lowest BCUT2D eigenvalue weighted by atomic mass is 9.81. The molecule has 2 heterocycles. The number of aliphatic hydroxyl groups excluding tert-OH is 1. The maximum Gasteiger partial charge on any atom is 0.334 e. The van der Waals surface area contributed by atoms with Crippen LogP contribution >= 0.6 is 0 Å². The van der Waals surface area contributed by atoms with Crippen LogP contribution in [0.1, 0.15) is 40.5 Å². The molecule has 6 nitrogen and oxygen atoms in total. The number of hydrogen-bond acceptors (Lipinski definition) is 6. The van der Waals surface area contributed by atoms with Gasteiger partial charge in [0.25, 0.3) is 0 Å². The second-order valence-corrected chi connectivity index (χ2v) is 7.55. The van der Waals surface area contributed by atoms with Crippen molar-refractivity contribution in [1.82, 2.24) is 0 Å². The molecule has 2 aliphatic heterocycles. The Labute approximate surface area is 153 Å². The third kappa shape index (κ3) is 3.12. The first-order chi connectivity index (χ1) is 12.2. The minimum absolute atomic E-state index is 0.205. The molecule has 1 unspecified atom stereocenters. The van der Waals surface area contributed by atoms with Crippen LogP contribution in [0.5, 0.6) is 0 Å². The highest BCUT2D eigenvalue weighted by Gasteiger charge is 2.64. The summed E-state index contributed by atoms with van der Waals surface area (Å²) in [5.41, 5.74) is 0.933. The molecule has 142 valence electrons. The van der Waals surface area contributed by atoms with Crippen LogP contribution in [0.2, 0.25) is 0 Å². The third-order valence-electron chi connectivity index (χ3n) is 5.74. The number of rotatable bonds is 2. The third-order valence-corrected chi connectivity index (χ3v) is 5.74. The molecular formula is C20H26O6. The second-order valence-electron chi connectivity index (χ2n) is 7.55. The molecule has 1 aliphatic carbocycles. The summed E-state index contributed by atoms with van der Waals surface area (Å²) in [7, 11) is 0. The van der Waals surface area contributed by atoms with Crippen LogP contribution < -0.4 is 0 Å². The fourth-order valence-corrected chi connectivity index (χ4v) is 3.75. The Kier molecular flexibility index (Phi) is 4.84. The van der Waals surface area contributed by atoms with Gasteiger partial charge in [0.15, 0.2) is 0 Å². The molecule has 3 aliphatic rings. The van der Waals surface area contributed by atoms with Crippen molar-refractivity contribution < 1.29 is 28.9 Å². The van der Waals surface area contributed by atoms with E-state index in [4.69, 9.17) is 14.2 Å². The molecule has 2 saturated heterocycles. The average molecular weight is 362 g/mol. The van der Waals surface area contributed by atoms with Gasteiger partial charge >= 0.3 is 11.9 Å². The SMILES string of the molecule is C=C1C(=O)O[C@@H]2C1[C@@H](OC(=O)/C(C)=C\C)[C@H](O)/C(C)=C/CC[C@]1(C)O[C@H]21. The monoisotopic (exact) mass is 362 g/mol. The van der Waals surface area contributed by atoms with Crippen molar-refractivity contribution in [3.63, 3.8) is 0 Å². The van der Waals surface area contributed by atoms with Gasteiger partial charge in [-0.2, -0.15) is 0 Å². The highest BCUT2D eigenvalue weighted by Crippen LogP contribution is 2.50. The second kappa shape index (κ2) is 6.67. The summed E-state index contributed by atoms with van der Waals surface area (Å²) in [4.78, 5) is 24.6. The molecule has 0 radical (unpaired) electrons. The number of hydrogen-bond donors (Lipinski definition) is 1. The quantitative estimate of drug-likeness (QED) is 0.351. The summed E-state index contributed by atoms with van der Waals surface area (Å²) < 4.78 is 17.0. The summed E-state index contributed by atoms with van der Waals surface area (Å²) in [5, 5.41) is 10.9. The maximum absolute atomic E-state index is 12.4. The lowest BCUT2D eigenvalue weighted by Gasteiger charge is -2.31. The normalized spacial score (nSPS) is 42.1. The molecule has 3 rings (SSSR count). The van der Waals surface area contributed by atoms with Gasteiger partial charge in [0.05, 0.1) is 11.5 Å². The standard InChI is InChI=1S/C20H26O6/c1-6-10(2)18(22)24-15-13-12(4)19(23)25-16(13)17-20(5,26-17)9-7-8-11(3)14(15)21/h6,8,13-17,21H,4,7,9H2,1-3,5H3/b10-6-,11-8+/t13?,14-,15-,16-,17-,20+/m1/s1. The Bertz CT molecular complexity index is 705. The molecule has 0 amide bonds. The first kappa shape index (κ1) is 18.9. The largest absolute Gasteiger partial charge is 0.455 e. The molecule has 1 N–H and O–H groups in total. The van der Waals surface area contributed by atoms with E-state index >= 15 is 0 Å². The van der Waals surface area contributed by atoms with Crippen molar-refractivity contribution in [3.8, 4) is 0 Å². The Morgan fingerprint density at radius 3 is 2.85 bits per heavy atom. The van der Waals surface area contributed by atoms with Crippen LogP contribution in [-0.2, 0) is 23.8 Å². The molecule has 0 aromatic heterocycles. The zero-order valence-corrected chi connectivity index (χ0v) is 15.7. The summed E-state index contributed by atoms with van der Waals surface area (Å²) in [6, 6.07) is 0. The lowest BCUT2D eigenvalue weighted by Crippen LogP contribution is -2.45. The number of aliphatic hydroxyl groups is 1. The topological polar surface area (TPSA) is 85.4 Å². The van der Waals surface area contributed by atoms with Gasteiger partial charge in [-0.3, -0.25) is 0 Å². The number of fused-ring (bicyclic) bond motifs is 3. The zero-order valence-electron chi connectivity index (χ0n) is 15.7. The average Bonchev–Trinajstić information content (AvgIpc) is 3.19. The van der Waals surface area contributed by atoms with Gasteiger partial charge in [0.1, 0.15) is 24.4 Å². The van der Waals surface area contributed by atoms with Crippen molar-refractivity contribution in [2.45, 2.75) is 70.6 Å². The van der Waals surface area contributed by atoms with Crippen molar-refractivity contribution in [2.75, 3.05) is 0 Å². The van der Waals surface area contributed by atoms with Crippen LogP contribution in [0.15, 0.2) is 35.5 Å².